The quantitative estimate of drug-likeness (QED) is 0.722. The van der Waals surface area contributed by atoms with Gasteiger partial charge in [-0.3, -0.25) is 9.69 Å². The topological polar surface area (TPSA) is 88.1 Å². The summed E-state index contributed by atoms with van der Waals surface area (Å²) >= 11 is 0. The number of benzene rings is 1. The molecule has 2 aromatic heterocycles. The molecule has 0 amide bonds. The molecule has 0 radical (unpaired) electrons. The van der Waals surface area contributed by atoms with Crippen molar-refractivity contribution in [2.24, 2.45) is 0 Å². The Morgan fingerprint density at radius 1 is 1.25 bits per heavy atom. The zero-order valence-corrected chi connectivity index (χ0v) is 13.2. The highest BCUT2D eigenvalue weighted by Crippen LogP contribution is 2.20. The van der Waals surface area contributed by atoms with E-state index in [9.17, 15) is 4.79 Å². The van der Waals surface area contributed by atoms with E-state index < -0.39 is 0 Å². The van der Waals surface area contributed by atoms with Gasteiger partial charge in [0.05, 0.1) is 18.5 Å². The number of aromatic nitrogens is 2. The molecule has 0 unspecified atom stereocenters. The molecule has 1 aliphatic rings. The van der Waals surface area contributed by atoms with E-state index >= 15 is 0 Å². The highest BCUT2D eigenvalue weighted by atomic mass is 16.3. The number of hydrogen-bond acceptors (Lipinski definition) is 5. The summed E-state index contributed by atoms with van der Waals surface area (Å²) in [5.41, 5.74) is 8.83. The third-order valence-electron chi connectivity index (χ3n) is 4.30. The summed E-state index contributed by atoms with van der Waals surface area (Å²) in [7, 11) is 0. The predicted octanol–water partition coefficient (Wildman–Crippen LogP) is 2.17. The van der Waals surface area contributed by atoms with Crippen LogP contribution in [-0.2, 0) is 19.5 Å². The van der Waals surface area contributed by atoms with Crippen molar-refractivity contribution in [2.75, 3.05) is 12.3 Å². The van der Waals surface area contributed by atoms with E-state index in [0.717, 1.165) is 35.7 Å². The lowest BCUT2D eigenvalue weighted by Gasteiger charge is -2.26. The summed E-state index contributed by atoms with van der Waals surface area (Å²) in [4.78, 5) is 22.2. The molecular formula is C18H18N4O2. The summed E-state index contributed by atoms with van der Waals surface area (Å²) in [5.74, 6) is 1.50. The molecule has 0 aliphatic carbocycles. The number of anilines is 1. The molecule has 3 N–H and O–H groups in total. The number of furan rings is 1. The van der Waals surface area contributed by atoms with Crippen LogP contribution in [0.3, 0.4) is 0 Å². The number of nitrogens with one attached hydrogen (secondary N) is 1. The van der Waals surface area contributed by atoms with Crippen LogP contribution in [0.2, 0.25) is 0 Å². The van der Waals surface area contributed by atoms with Crippen LogP contribution in [0.15, 0.2) is 51.9 Å². The van der Waals surface area contributed by atoms with Gasteiger partial charge in [0.25, 0.3) is 5.56 Å². The molecule has 0 saturated heterocycles. The second-order valence-corrected chi connectivity index (χ2v) is 6.00. The van der Waals surface area contributed by atoms with Gasteiger partial charge in [-0.2, -0.15) is 0 Å². The fourth-order valence-corrected chi connectivity index (χ4v) is 3.03. The number of nitrogens with two attached hydrogens (primary N) is 1. The Bertz CT molecular complexity index is 898. The Labute approximate surface area is 138 Å². The van der Waals surface area contributed by atoms with Crippen LogP contribution < -0.4 is 11.3 Å². The molecule has 1 aliphatic heterocycles. The molecule has 1 aromatic carbocycles. The first-order valence-corrected chi connectivity index (χ1v) is 7.92. The zero-order chi connectivity index (χ0) is 16.5. The lowest BCUT2D eigenvalue weighted by molar-refractivity contribution is 0.221. The summed E-state index contributed by atoms with van der Waals surface area (Å²) in [6.45, 7) is 2.18. The van der Waals surface area contributed by atoms with Gasteiger partial charge in [-0.1, -0.05) is 0 Å². The van der Waals surface area contributed by atoms with Crippen molar-refractivity contribution in [1.29, 1.82) is 0 Å². The third-order valence-corrected chi connectivity index (χ3v) is 4.30. The molecular weight excluding hydrogens is 304 g/mol. The van der Waals surface area contributed by atoms with Gasteiger partial charge in [0.1, 0.15) is 11.6 Å². The Hall–Kier alpha value is -2.86. The molecule has 0 spiro atoms. The monoisotopic (exact) mass is 322 g/mol. The molecule has 3 aromatic rings. The standard InChI is InChI=1S/C18H18N4O2/c19-13-5-3-12(4-6-13)17-20-16-11-22(10-14-2-1-9-24-14)8-7-15(16)18(23)21-17/h1-6,9H,7-8,10-11,19H2,(H,20,21,23). The first-order valence-electron chi connectivity index (χ1n) is 7.92. The molecule has 0 fully saturated rings. The second-order valence-electron chi connectivity index (χ2n) is 6.00. The Morgan fingerprint density at radius 3 is 2.83 bits per heavy atom. The van der Waals surface area contributed by atoms with E-state index in [1.165, 1.54) is 0 Å². The minimum atomic E-state index is -0.0514. The van der Waals surface area contributed by atoms with E-state index in [1.807, 2.05) is 24.3 Å². The van der Waals surface area contributed by atoms with E-state index in [1.54, 1.807) is 18.4 Å². The minimum Gasteiger partial charge on any atom is -0.468 e. The van der Waals surface area contributed by atoms with E-state index in [0.29, 0.717) is 24.5 Å². The second kappa shape index (κ2) is 5.98. The van der Waals surface area contributed by atoms with Crippen LogP contribution in [0, 0.1) is 0 Å². The van der Waals surface area contributed by atoms with Crippen LogP contribution in [0.25, 0.3) is 11.4 Å². The molecule has 3 heterocycles. The maximum absolute atomic E-state index is 12.4. The largest absolute Gasteiger partial charge is 0.468 e. The number of nitrogen functional groups attached to an aromatic ring is 1. The third kappa shape index (κ3) is 2.83. The lowest BCUT2D eigenvalue weighted by atomic mass is 10.1. The van der Waals surface area contributed by atoms with Gasteiger partial charge < -0.3 is 15.1 Å². The number of H-pyrrole nitrogens is 1. The van der Waals surface area contributed by atoms with Gasteiger partial charge in [-0.15, -0.1) is 0 Å². The average Bonchev–Trinajstić information content (AvgIpc) is 3.08. The summed E-state index contributed by atoms with van der Waals surface area (Å²) < 4.78 is 5.41. The minimum absolute atomic E-state index is 0.0514. The molecule has 6 nitrogen and oxygen atoms in total. The van der Waals surface area contributed by atoms with Gasteiger partial charge in [0.15, 0.2) is 0 Å². The van der Waals surface area contributed by atoms with Crippen molar-refractivity contribution in [3.8, 4) is 11.4 Å². The van der Waals surface area contributed by atoms with Gasteiger partial charge in [-0.25, -0.2) is 4.98 Å². The molecule has 6 heteroatoms. The van der Waals surface area contributed by atoms with E-state index in [2.05, 4.69) is 14.9 Å². The molecule has 0 saturated carbocycles. The first kappa shape index (κ1) is 14.7. The average molecular weight is 322 g/mol. The SMILES string of the molecule is Nc1ccc(-c2nc3c(c(=O)[nH]2)CCN(Cc2ccco2)C3)cc1. The summed E-state index contributed by atoms with van der Waals surface area (Å²) in [6, 6.07) is 11.2. The first-order chi connectivity index (χ1) is 11.7. The van der Waals surface area contributed by atoms with Crippen molar-refractivity contribution < 1.29 is 4.42 Å². The zero-order valence-electron chi connectivity index (χ0n) is 13.2. The van der Waals surface area contributed by atoms with Gasteiger partial charge in [-0.05, 0) is 42.8 Å². The Morgan fingerprint density at radius 2 is 2.08 bits per heavy atom. The van der Waals surface area contributed by atoms with Gasteiger partial charge >= 0.3 is 0 Å². The van der Waals surface area contributed by atoms with Crippen LogP contribution in [0.5, 0.6) is 0 Å². The highest BCUT2D eigenvalue weighted by Gasteiger charge is 2.22. The molecule has 0 bridgehead atoms. The van der Waals surface area contributed by atoms with Crippen molar-refractivity contribution in [3.05, 3.63) is 70.0 Å². The summed E-state index contributed by atoms with van der Waals surface area (Å²) in [5, 5.41) is 0. The van der Waals surface area contributed by atoms with E-state index in [-0.39, 0.29) is 5.56 Å². The number of fused-ring (bicyclic) bond motifs is 1. The molecule has 122 valence electrons. The van der Waals surface area contributed by atoms with Crippen LogP contribution >= 0.6 is 0 Å². The fraction of sp³-hybridized carbons (Fsp3) is 0.222. The Balaban J connectivity index is 1.64. The highest BCUT2D eigenvalue weighted by molar-refractivity contribution is 5.58. The van der Waals surface area contributed by atoms with E-state index in [4.69, 9.17) is 10.2 Å². The van der Waals surface area contributed by atoms with Crippen molar-refractivity contribution >= 4 is 5.69 Å². The number of hydrogen-bond donors (Lipinski definition) is 2. The molecule has 4 rings (SSSR count). The van der Waals surface area contributed by atoms with Gasteiger partial charge in [0.2, 0.25) is 0 Å². The van der Waals surface area contributed by atoms with Crippen LogP contribution in [0.1, 0.15) is 17.0 Å². The lowest BCUT2D eigenvalue weighted by Crippen LogP contribution is -2.35. The number of rotatable bonds is 3. The van der Waals surface area contributed by atoms with Crippen molar-refractivity contribution in [2.45, 2.75) is 19.5 Å². The normalized spacial score (nSPS) is 14.5. The summed E-state index contributed by atoms with van der Waals surface area (Å²) in [6.07, 6.45) is 2.37. The maximum atomic E-state index is 12.4. The van der Waals surface area contributed by atoms with Gasteiger partial charge in [0, 0.05) is 29.9 Å². The van der Waals surface area contributed by atoms with Crippen LogP contribution in [-0.4, -0.2) is 21.4 Å². The van der Waals surface area contributed by atoms with Crippen LogP contribution in [0.4, 0.5) is 5.69 Å². The fourth-order valence-electron chi connectivity index (χ4n) is 3.03. The molecule has 0 atom stereocenters. The van der Waals surface area contributed by atoms with Crippen molar-refractivity contribution in [1.82, 2.24) is 14.9 Å². The number of nitrogens with zero attached hydrogens (tertiary/aromatic N) is 2. The maximum Gasteiger partial charge on any atom is 0.254 e. The van der Waals surface area contributed by atoms with Crippen molar-refractivity contribution in [3.63, 3.8) is 0 Å². The predicted molar refractivity (Wildman–Crippen MR) is 91.2 cm³/mol. The number of aromatic amines is 1. The molecule has 24 heavy (non-hydrogen) atoms. The Kier molecular flexibility index (Phi) is 3.66. The smallest absolute Gasteiger partial charge is 0.254 e.